The Bertz CT molecular complexity index is 727. The van der Waals surface area contributed by atoms with Gasteiger partial charge in [0, 0.05) is 0 Å². The van der Waals surface area contributed by atoms with Crippen molar-refractivity contribution in [3.05, 3.63) is 0 Å². The zero-order chi connectivity index (χ0) is 32.8. The molecule has 0 aliphatic carbocycles. The summed E-state index contributed by atoms with van der Waals surface area (Å²) < 4.78 is 0.414. The molecule has 4 nitrogen and oxygen atoms in total. The Balaban J connectivity index is 8.04. The van der Waals surface area contributed by atoms with E-state index in [4.69, 9.17) is 88.6 Å². The van der Waals surface area contributed by atoms with Gasteiger partial charge in [0.1, 0.15) is 0 Å². The molecule has 0 bridgehead atoms. The Hall–Kier alpha value is 3.03. The lowest BCUT2D eigenvalue weighted by Gasteiger charge is -2.64. The molecule has 0 aromatic carbocycles. The minimum absolute atomic E-state index is 0.0621. The van der Waals surface area contributed by atoms with E-state index in [2.05, 4.69) is 121 Å². The minimum atomic E-state index is -4.06. The van der Waals surface area contributed by atoms with Crippen molar-refractivity contribution in [2.45, 2.75) is 159 Å². The lowest BCUT2D eigenvalue weighted by Crippen LogP contribution is -2.93. The van der Waals surface area contributed by atoms with Crippen molar-refractivity contribution in [3.8, 4) is 0 Å². The molecule has 0 fully saturated rings. The number of hydrogen-bond acceptors (Lipinski definition) is 2. The second-order valence-corrected chi connectivity index (χ2v) is 62.6. The van der Waals surface area contributed by atoms with Gasteiger partial charge in [-0.05, 0) is 111 Å². The normalized spacial score (nSPS) is 15.8. The lowest BCUT2D eigenvalue weighted by molar-refractivity contribution is -0.989. The third-order valence-electron chi connectivity index (χ3n) is 8.08. The van der Waals surface area contributed by atoms with Crippen LogP contribution >= 0.6 is 88.6 Å². The summed E-state index contributed by atoms with van der Waals surface area (Å²) >= 11 is 62.1. The maximum absolute atomic E-state index is 7.81. The van der Waals surface area contributed by atoms with Gasteiger partial charge in [0.2, 0.25) is 0 Å². The van der Waals surface area contributed by atoms with Gasteiger partial charge in [0.05, 0.1) is 48.3 Å². The molecule has 0 saturated heterocycles. The summed E-state index contributed by atoms with van der Waals surface area (Å²) in [6, 6.07) is 0.0910. The third kappa shape index (κ3) is 6.57. The first-order valence-electron chi connectivity index (χ1n) is 14.4. The summed E-state index contributed by atoms with van der Waals surface area (Å²) in [5.74, 6) is 0. The maximum Gasteiger partial charge on any atom is 0.511 e. The van der Waals surface area contributed by atoms with Crippen LogP contribution in [0.25, 0.3) is 0 Å². The van der Waals surface area contributed by atoms with Gasteiger partial charge in [-0.15, -0.1) is 44.3 Å². The molecule has 0 saturated carbocycles. The first kappa shape index (κ1) is 43.0. The highest BCUT2D eigenvalue weighted by Gasteiger charge is 2.92. The first-order valence-corrected chi connectivity index (χ1v) is 33.4. The van der Waals surface area contributed by atoms with Crippen LogP contribution in [0, 0.1) is 0 Å². The fourth-order valence-corrected chi connectivity index (χ4v) is 101. The van der Waals surface area contributed by atoms with Crippen LogP contribution in [-0.4, -0.2) is 91.1 Å². The molecule has 40 heavy (non-hydrogen) atoms. The van der Waals surface area contributed by atoms with E-state index in [9.17, 15) is 0 Å². The number of hydrogen-bond donors (Lipinski definition) is 0. The predicted octanol–water partition coefficient (Wildman–Crippen LogP) is 10.2. The van der Waals surface area contributed by atoms with E-state index >= 15 is 0 Å². The average molecular weight is 797 g/mol. The fourth-order valence-electron chi connectivity index (χ4n) is 7.40. The van der Waals surface area contributed by atoms with Gasteiger partial charge in [-0.25, -0.2) is 0 Å². The number of quaternary nitrogens is 2. The standard InChI is InChI=1S/C24H56Cl8N4Si4/c1-17(2)33(18(3)4)35(21(9)10,22(11)12)37(25,26)39(29,30)40(31,32)38(27,28)36(23(13)14,24(15)16)34(19(5)6)20(7)8/h17-24H,1-16H3/q+2. The Morgan fingerprint density at radius 3 is 0.600 bits per heavy atom. The topological polar surface area (TPSA) is 6.48 Å². The van der Waals surface area contributed by atoms with Crippen LogP contribution in [0.1, 0.15) is 111 Å². The van der Waals surface area contributed by atoms with Crippen molar-refractivity contribution in [2.24, 2.45) is 0 Å². The first-order chi connectivity index (χ1) is 17.6. The molecule has 0 radical (unpaired) electrons. The van der Waals surface area contributed by atoms with Gasteiger partial charge in [0.25, 0.3) is 0 Å². The maximum atomic E-state index is 7.81. The molecule has 0 N–H and O–H groups in total. The van der Waals surface area contributed by atoms with E-state index in [1.165, 1.54) is 0 Å². The molecule has 0 aliphatic heterocycles. The van der Waals surface area contributed by atoms with Crippen LogP contribution in [-0.2, 0) is 0 Å². The largest absolute Gasteiger partial charge is 0.511 e. The zero-order valence-corrected chi connectivity index (χ0v) is 37.5. The SMILES string of the molecule is CC(C)N(C(C)C)[N+](C(C)C)(C(C)C)[Si](Cl)(Cl)[Si](Cl)(Cl)[Si](Cl)(Cl)[Si](Cl)(Cl)[N+](C(C)C)(C(C)C)N(C(C)C)C(C)C. The second-order valence-electron chi connectivity index (χ2n) is 13.2. The molecule has 0 spiro atoms. The minimum Gasteiger partial charge on any atom is -0.274 e. The van der Waals surface area contributed by atoms with E-state index in [-0.39, 0.29) is 56.8 Å². The monoisotopic (exact) mass is 792 g/mol. The van der Waals surface area contributed by atoms with E-state index in [1.54, 1.807) is 0 Å². The van der Waals surface area contributed by atoms with E-state index in [0.29, 0.717) is 0 Å². The molecule has 0 amide bonds. The van der Waals surface area contributed by atoms with Crippen LogP contribution < -0.4 is 0 Å². The van der Waals surface area contributed by atoms with Gasteiger partial charge in [-0.3, -0.25) is 8.52 Å². The van der Waals surface area contributed by atoms with Crippen molar-refractivity contribution in [2.75, 3.05) is 0 Å². The van der Waals surface area contributed by atoms with E-state index < -0.39 is 24.2 Å². The number of nitrogens with zero attached hydrogens (tertiary/aromatic N) is 4. The molecule has 16 heteroatoms. The Morgan fingerprint density at radius 2 is 0.500 bits per heavy atom. The van der Waals surface area contributed by atoms with Crippen LogP contribution in [0.4, 0.5) is 0 Å². The predicted molar refractivity (Wildman–Crippen MR) is 195 cm³/mol. The highest BCUT2D eigenvalue weighted by Crippen LogP contribution is 2.59. The molecule has 0 aliphatic rings. The van der Waals surface area contributed by atoms with Gasteiger partial charge in [-0.2, -0.15) is 10.0 Å². The van der Waals surface area contributed by atoms with Crippen molar-refractivity contribution in [3.63, 3.8) is 0 Å². The zero-order valence-electron chi connectivity index (χ0n) is 27.4. The van der Waals surface area contributed by atoms with Crippen LogP contribution in [0.5, 0.6) is 0 Å². The molecule has 0 unspecified atom stereocenters. The van der Waals surface area contributed by atoms with E-state index in [1.807, 2.05) is 0 Å². The van der Waals surface area contributed by atoms with Crippen molar-refractivity contribution < 1.29 is 8.52 Å². The lowest BCUT2D eigenvalue weighted by atomic mass is 10.2. The Morgan fingerprint density at radius 1 is 0.350 bits per heavy atom. The van der Waals surface area contributed by atoms with Crippen molar-refractivity contribution in [1.29, 1.82) is 0 Å². The van der Waals surface area contributed by atoms with Crippen LogP contribution in [0.15, 0.2) is 0 Å². The molecule has 0 aromatic heterocycles. The number of halogens is 8. The van der Waals surface area contributed by atoms with Gasteiger partial charge in [0.15, 0.2) is 0 Å². The highest BCUT2D eigenvalue weighted by molar-refractivity contribution is 8.25. The summed E-state index contributed by atoms with van der Waals surface area (Å²) in [6.07, 6.45) is -7.79. The summed E-state index contributed by atoms with van der Waals surface area (Å²) in [7, 11) is 0. The molecule has 0 atom stereocenters. The third-order valence-corrected chi connectivity index (χ3v) is 94.6. The molecule has 242 valence electrons. The molecular formula is C24H56Cl8N4Si4+2. The van der Waals surface area contributed by atoms with Crippen LogP contribution in [0.3, 0.4) is 0 Å². The van der Waals surface area contributed by atoms with Crippen molar-refractivity contribution in [1.82, 2.24) is 10.0 Å². The summed E-state index contributed by atoms with van der Waals surface area (Å²) in [5, 5.41) is 4.67. The number of rotatable bonds is 15. The smallest absolute Gasteiger partial charge is 0.274 e. The Labute approximate surface area is 288 Å². The summed E-state index contributed by atoms with van der Waals surface area (Å²) in [4.78, 5) is 0. The second kappa shape index (κ2) is 14.8. The highest BCUT2D eigenvalue weighted by atomic mass is 35.8. The van der Waals surface area contributed by atoms with Gasteiger partial charge in [-0.1, -0.05) is 44.3 Å². The molecule has 0 aromatic rings. The Kier molecular flexibility index (Phi) is 16.0. The molecule has 0 rings (SSSR count). The molecular weight excluding hydrogens is 740 g/mol. The fraction of sp³-hybridized carbons (Fsp3) is 1.00. The average Bonchev–Trinajstić information content (AvgIpc) is 2.71. The summed E-state index contributed by atoms with van der Waals surface area (Å²) in [5.41, 5.74) is -8.11. The van der Waals surface area contributed by atoms with Gasteiger partial charge < -0.3 is 0 Å². The van der Waals surface area contributed by atoms with Crippen LogP contribution in [0.2, 0.25) is 0 Å². The molecule has 0 heterocycles. The van der Waals surface area contributed by atoms with Crippen molar-refractivity contribution >= 4 is 113 Å². The summed E-state index contributed by atoms with van der Waals surface area (Å²) in [6.45, 7) is 34.0. The van der Waals surface area contributed by atoms with E-state index in [0.717, 1.165) is 0 Å². The van der Waals surface area contributed by atoms with Gasteiger partial charge >= 0.3 is 24.2 Å². The quantitative estimate of drug-likeness (QED) is 0.0926.